The standard InChI is InChI=1S/C23H26N2O4/c1-2-14-28-21-8-3-4-9-22(21)29-16-17-15-23(26,11-13-25(17)27)19-6-5-7-20-18(19)10-12-24-20/h2-10,12,17,24,26-27H,1,11,13-16H2. The molecule has 4 rings (SSSR count). The van der Waals surface area contributed by atoms with E-state index in [1.807, 2.05) is 54.7 Å². The maximum absolute atomic E-state index is 11.5. The molecule has 2 aromatic carbocycles. The molecule has 0 amide bonds. The van der Waals surface area contributed by atoms with Crippen LogP contribution in [0.15, 0.2) is 67.4 Å². The van der Waals surface area contributed by atoms with E-state index in [9.17, 15) is 10.3 Å². The van der Waals surface area contributed by atoms with Gasteiger partial charge in [0.25, 0.3) is 0 Å². The molecule has 6 heteroatoms. The van der Waals surface area contributed by atoms with Crippen LogP contribution in [0.3, 0.4) is 0 Å². The molecule has 2 atom stereocenters. The number of ether oxygens (including phenoxy) is 2. The van der Waals surface area contributed by atoms with Crippen LogP contribution in [0.4, 0.5) is 0 Å². The summed E-state index contributed by atoms with van der Waals surface area (Å²) in [5, 5.41) is 24.1. The van der Waals surface area contributed by atoms with E-state index in [2.05, 4.69) is 11.6 Å². The summed E-state index contributed by atoms with van der Waals surface area (Å²) >= 11 is 0. The zero-order chi connectivity index (χ0) is 20.3. The van der Waals surface area contributed by atoms with Crippen molar-refractivity contribution >= 4 is 10.9 Å². The van der Waals surface area contributed by atoms with Crippen LogP contribution in [0.1, 0.15) is 18.4 Å². The molecule has 1 aliphatic rings. The van der Waals surface area contributed by atoms with E-state index in [4.69, 9.17) is 9.47 Å². The Bertz CT molecular complexity index is 986. The second-order valence-electron chi connectivity index (χ2n) is 7.40. The summed E-state index contributed by atoms with van der Waals surface area (Å²) in [6.45, 7) is 4.64. The third-order valence-electron chi connectivity index (χ3n) is 5.48. The Hall–Kier alpha value is -2.80. The summed E-state index contributed by atoms with van der Waals surface area (Å²) in [6.07, 6.45) is 4.36. The van der Waals surface area contributed by atoms with E-state index in [1.165, 1.54) is 5.06 Å². The van der Waals surface area contributed by atoms with Crippen LogP contribution < -0.4 is 9.47 Å². The van der Waals surface area contributed by atoms with Crippen molar-refractivity contribution in [3.63, 3.8) is 0 Å². The van der Waals surface area contributed by atoms with E-state index in [-0.39, 0.29) is 12.6 Å². The van der Waals surface area contributed by atoms with Crippen LogP contribution >= 0.6 is 0 Å². The minimum atomic E-state index is -1.03. The van der Waals surface area contributed by atoms with Crippen molar-refractivity contribution < 1.29 is 19.8 Å². The van der Waals surface area contributed by atoms with E-state index in [0.717, 1.165) is 16.5 Å². The second kappa shape index (κ2) is 8.29. The maximum atomic E-state index is 11.5. The molecule has 0 saturated carbocycles. The van der Waals surface area contributed by atoms with Gasteiger partial charge in [0.2, 0.25) is 0 Å². The average molecular weight is 394 g/mol. The summed E-state index contributed by atoms with van der Waals surface area (Å²) in [4.78, 5) is 3.19. The molecule has 1 aromatic heterocycles. The van der Waals surface area contributed by atoms with E-state index in [0.29, 0.717) is 37.5 Å². The molecule has 2 unspecified atom stereocenters. The van der Waals surface area contributed by atoms with Gasteiger partial charge in [-0.1, -0.05) is 36.9 Å². The Kier molecular flexibility index (Phi) is 5.58. The second-order valence-corrected chi connectivity index (χ2v) is 7.40. The van der Waals surface area contributed by atoms with Crippen LogP contribution in [-0.4, -0.2) is 46.2 Å². The number of nitrogens with zero attached hydrogens (tertiary/aromatic N) is 1. The summed E-state index contributed by atoms with van der Waals surface area (Å²) in [6, 6.07) is 14.9. The van der Waals surface area contributed by atoms with Crippen LogP contribution in [0.25, 0.3) is 10.9 Å². The van der Waals surface area contributed by atoms with E-state index < -0.39 is 5.60 Å². The normalized spacial score (nSPS) is 22.5. The fourth-order valence-electron chi connectivity index (χ4n) is 3.98. The Balaban J connectivity index is 1.51. The van der Waals surface area contributed by atoms with Crippen molar-refractivity contribution in [1.29, 1.82) is 0 Å². The number of para-hydroxylation sites is 2. The first-order chi connectivity index (χ1) is 14.1. The molecule has 0 radical (unpaired) electrons. The molecular formula is C23H26N2O4. The number of hydrogen-bond acceptors (Lipinski definition) is 5. The average Bonchev–Trinajstić information content (AvgIpc) is 3.22. The Morgan fingerprint density at radius 2 is 1.93 bits per heavy atom. The number of rotatable bonds is 7. The zero-order valence-electron chi connectivity index (χ0n) is 16.3. The first-order valence-electron chi connectivity index (χ1n) is 9.81. The van der Waals surface area contributed by atoms with Gasteiger partial charge in [-0.25, -0.2) is 0 Å². The lowest BCUT2D eigenvalue weighted by Gasteiger charge is -2.41. The summed E-state index contributed by atoms with van der Waals surface area (Å²) in [5.41, 5.74) is 0.834. The van der Waals surface area contributed by atoms with Crippen LogP contribution in [0.5, 0.6) is 11.5 Å². The van der Waals surface area contributed by atoms with Gasteiger partial charge in [0.15, 0.2) is 11.5 Å². The van der Waals surface area contributed by atoms with Crippen molar-refractivity contribution in [2.24, 2.45) is 0 Å². The summed E-state index contributed by atoms with van der Waals surface area (Å²) in [5.74, 6) is 1.23. The van der Waals surface area contributed by atoms with Gasteiger partial charge >= 0.3 is 0 Å². The third kappa shape index (κ3) is 4.00. The van der Waals surface area contributed by atoms with Crippen molar-refractivity contribution in [2.45, 2.75) is 24.5 Å². The number of nitrogens with one attached hydrogen (secondary N) is 1. The fourth-order valence-corrected chi connectivity index (χ4v) is 3.98. The number of aromatic amines is 1. The van der Waals surface area contributed by atoms with Gasteiger partial charge in [-0.2, -0.15) is 5.06 Å². The predicted octanol–water partition coefficient (Wildman–Crippen LogP) is 3.85. The molecule has 29 heavy (non-hydrogen) atoms. The third-order valence-corrected chi connectivity index (χ3v) is 5.48. The van der Waals surface area contributed by atoms with Gasteiger partial charge in [0.05, 0.1) is 11.6 Å². The molecule has 1 saturated heterocycles. The Morgan fingerprint density at radius 1 is 1.14 bits per heavy atom. The molecule has 152 valence electrons. The predicted molar refractivity (Wildman–Crippen MR) is 111 cm³/mol. The molecule has 0 spiro atoms. The van der Waals surface area contributed by atoms with Crippen LogP contribution in [-0.2, 0) is 5.60 Å². The van der Waals surface area contributed by atoms with E-state index >= 15 is 0 Å². The highest BCUT2D eigenvalue weighted by Gasteiger charge is 2.40. The highest BCUT2D eigenvalue weighted by Crippen LogP contribution is 2.39. The van der Waals surface area contributed by atoms with Gasteiger partial charge in [0.1, 0.15) is 13.2 Å². The number of aromatic nitrogens is 1. The maximum Gasteiger partial charge on any atom is 0.161 e. The topological polar surface area (TPSA) is 78.0 Å². The minimum Gasteiger partial charge on any atom is -0.488 e. The molecular weight excluding hydrogens is 368 g/mol. The lowest BCUT2D eigenvalue weighted by Crippen LogP contribution is -2.50. The van der Waals surface area contributed by atoms with Crippen molar-refractivity contribution in [1.82, 2.24) is 10.0 Å². The SMILES string of the molecule is C=CCOc1ccccc1OCC1CC(O)(c2cccc3[nH]ccc23)CCN1O. The highest BCUT2D eigenvalue weighted by molar-refractivity contribution is 5.83. The molecule has 3 N–H and O–H groups in total. The molecule has 2 heterocycles. The molecule has 6 nitrogen and oxygen atoms in total. The number of hydrogen-bond donors (Lipinski definition) is 3. The first kappa shape index (κ1) is 19.5. The van der Waals surface area contributed by atoms with Gasteiger partial charge in [-0.15, -0.1) is 0 Å². The number of benzene rings is 2. The number of fused-ring (bicyclic) bond motifs is 1. The summed E-state index contributed by atoms with van der Waals surface area (Å²) < 4.78 is 11.6. The molecule has 0 aliphatic carbocycles. The van der Waals surface area contributed by atoms with E-state index in [1.54, 1.807) is 6.08 Å². The number of hydroxylamine groups is 2. The summed E-state index contributed by atoms with van der Waals surface area (Å²) in [7, 11) is 0. The monoisotopic (exact) mass is 394 g/mol. The Morgan fingerprint density at radius 3 is 2.72 bits per heavy atom. The number of aliphatic hydroxyl groups is 1. The molecule has 0 bridgehead atoms. The lowest BCUT2D eigenvalue weighted by atomic mass is 9.80. The molecule has 3 aromatic rings. The van der Waals surface area contributed by atoms with Gasteiger partial charge in [-0.3, -0.25) is 0 Å². The first-order valence-corrected chi connectivity index (χ1v) is 9.81. The molecule has 1 fully saturated rings. The van der Waals surface area contributed by atoms with Crippen LogP contribution in [0.2, 0.25) is 0 Å². The van der Waals surface area contributed by atoms with Crippen molar-refractivity contribution in [2.75, 3.05) is 19.8 Å². The molecule has 1 aliphatic heterocycles. The smallest absolute Gasteiger partial charge is 0.161 e. The highest BCUT2D eigenvalue weighted by atomic mass is 16.5. The quantitative estimate of drug-likeness (QED) is 0.531. The lowest BCUT2D eigenvalue weighted by molar-refractivity contribution is -0.190. The minimum absolute atomic E-state index is 0.233. The fraction of sp³-hybridized carbons (Fsp3) is 0.304. The van der Waals surface area contributed by atoms with Crippen LogP contribution in [0, 0.1) is 0 Å². The van der Waals surface area contributed by atoms with Gasteiger partial charge in [0, 0.05) is 30.1 Å². The Labute approximate surface area is 169 Å². The van der Waals surface area contributed by atoms with Gasteiger partial charge < -0.3 is 24.8 Å². The van der Waals surface area contributed by atoms with Crippen molar-refractivity contribution in [3.8, 4) is 11.5 Å². The zero-order valence-corrected chi connectivity index (χ0v) is 16.3. The van der Waals surface area contributed by atoms with Crippen molar-refractivity contribution in [3.05, 3.63) is 72.9 Å². The number of H-pyrrole nitrogens is 1. The van der Waals surface area contributed by atoms with Gasteiger partial charge in [-0.05, 0) is 36.2 Å². The number of piperidine rings is 1. The largest absolute Gasteiger partial charge is 0.488 e.